The number of hydrogen-bond acceptors (Lipinski definition) is 2. The van der Waals surface area contributed by atoms with Crippen LogP contribution in [0, 0.1) is 0 Å². The Bertz CT molecular complexity index is 287. The summed E-state index contributed by atoms with van der Waals surface area (Å²) < 4.78 is 52.0. The van der Waals surface area contributed by atoms with Crippen molar-refractivity contribution in [3.05, 3.63) is 12.2 Å². The Balaban J connectivity index is 3.63. The second-order valence-corrected chi connectivity index (χ2v) is 4.63. The van der Waals surface area contributed by atoms with Gasteiger partial charge in [-0.3, -0.25) is 0 Å². The summed E-state index contributed by atoms with van der Waals surface area (Å²) in [6, 6.07) is 0. The van der Waals surface area contributed by atoms with Gasteiger partial charge in [0, 0.05) is 6.08 Å². The molecule has 0 N–H and O–H groups in total. The zero-order valence-electron chi connectivity index (χ0n) is 11.7. The van der Waals surface area contributed by atoms with Gasteiger partial charge in [0.15, 0.2) is 0 Å². The van der Waals surface area contributed by atoms with E-state index in [0.29, 0.717) is 6.42 Å². The maximum atomic E-state index is 12.7. The predicted octanol–water partition coefficient (Wildman–Crippen LogP) is 5.08. The summed E-state index contributed by atoms with van der Waals surface area (Å²) in [5, 5.41) is 0. The molecule has 0 heterocycles. The zero-order chi connectivity index (χ0) is 15.4. The predicted molar refractivity (Wildman–Crippen MR) is 68.8 cm³/mol. The van der Waals surface area contributed by atoms with E-state index in [0.717, 1.165) is 25.3 Å². The number of unbranched alkanes of at least 4 members (excludes halogenated alkanes) is 6. The molecular formula is C14H22F4O2. The van der Waals surface area contributed by atoms with Crippen molar-refractivity contribution in [1.82, 2.24) is 0 Å². The Morgan fingerprint density at radius 1 is 1.15 bits per heavy atom. The van der Waals surface area contributed by atoms with Crippen molar-refractivity contribution in [3.63, 3.8) is 0 Å². The van der Waals surface area contributed by atoms with Crippen LogP contribution in [0.25, 0.3) is 0 Å². The van der Waals surface area contributed by atoms with Crippen molar-refractivity contribution >= 4 is 5.97 Å². The Labute approximate surface area is 117 Å². The molecule has 0 saturated heterocycles. The van der Waals surface area contributed by atoms with Crippen LogP contribution in [0.2, 0.25) is 0 Å². The second-order valence-electron chi connectivity index (χ2n) is 4.63. The maximum absolute atomic E-state index is 12.7. The highest BCUT2D eigenvalue weighted by Crippen LogP contribution is 2.23. The highest BCUT2D eigenvalue weighted by molar-refractivity contribution is 5.81. The number of hydrogen-bond donors (Lipinski definition) is 0. The summed E-state index contributed by atoms with van der Waals surface area (Å²) >= 11 is 0. The lowest BCUT2D eigenvalue weighted by Crippen LogP contribution is -2.20. The summed E-state index contributed by atoms with van der Waals surface area (Å²) in [6.45, 7) is 2.13. The molecule has 0 aromatic rings. The van der Waals surface area contributed by atoms with E-state index in [1.165, 1.54) is 25.3 Å². The Hall–Kier alpha value is -1.07. The van der Waals surface area contributed by atoms with Gasteiger partial charge in [-0.25, -0.2) is 9.18 Å². The second kappa shape index (κ2) is 10.7. The quantitative estimate of drug-likeness (QED) is 0.243. The SMILES string of the molecule is CCCCCCCCC=CC(=O)OC(F)CC(F)(F)F. The first-order valence-corrected chi connectivity index (χ1v) is 6.93. The molecule has 6 heteroatoms. The lowest BCUT2D eigenvalue weighted by Gasteiger charge is -2.10. The van der Waals surface area contributed by atoms with Crippen LogP contribution in [0.4, 0.5) is 17.6 Å². The van der Waals surface area contributed by atoms with Gasteiger partial charge in [0.2, 0.25) is 0 Å². The summed E-state index contributed by atoms with van der Waals surface area (Å²) in [6.07, 6.45) is 0.664. The third-order valence-electron chi connectivity index (χ3n) is 2.61. The fourth-order valence-electron chi connectivity index (χ4n) is 1.61. The fourth-order valence-corrected chi connectivity index (χ4v) is 1.61. The molecule has 0 saturated carbocycles. The highest BCUT2D eigenvalue weighted by atomic mass is 19.4. The minimum atomic E-state index is -4.68. The van der Waals surface area contributed by atoms with Crippen LogP contribution in [-0.4, -0.2) is 18.5 Å². The Morgan fingerprint density at radius 3 is 2.35 bits per heavy atom. The van der Waals surface area contributed by atoms with Crippen LogP contribution >= 0.6 is 0 Å². The van der Waals surface area contributed by atoms with E-state index in [1.807, 2.05) is 0 Å². The topological polar surface area (TPSA) is 26.3 Å². The molecule has 0 aromatic heterocycles. The van der Waals surface area contributed by atoms with Crippen LogP contribution in [0.5, 0.6) is 0 Å². The highest BCUT2D eigenvalue weighted by Gasteiger charge is 2.33. The summed E-state index contributed by atoms with van der Waals surface area (Å²) in [4.78, 5) is 11.0. The maximum Gasteiger partial charge on any atom is 0.395 e. The molecule has 118 valence electrons. The van der Waals surface area contributed by atoms with E-state index in [1.54, 1.807) is 0 Å². The smallest absolute Gasteiger partial charge is 0.395 e. The molecule has 20 heavy (non-hydrogen) atoms. The fraction of sp³-hybridized carbons (Fsp3) is 0.786. The van der Waals surface area contributed by atoms with Crippen LogP contribution in [0.15, 0.2) is 12.2 Å². The third kappa shape index (κ3) is 13.4. The van der Waals surface area contributed by atoms with Crippen molar-refractivity contribution < 1.29 is 27.1 Å². The van der Waals surface area contributed by atoms with Crippen molar-refractivity contribution in [2.75, 3.05) is 0 Å². The Morgan fingerprint density at radius 2 is 1.75 bits per heavy atom. The first-order valence-electron chi connectivity index (χ1n) is 6.93. The summed E-state index contributed by atoms with van der Waals surface area (Å²) in [7, 11) is 0. The summed E-state index contributed by atoms with van der Waals surface area (Å²) in [5.74, 6) is -1.08. The van der Waals surface area contributed by atoms with Gasteiger partial charge in [-0.2, -0.15) is 13.2 Å². The van der Waals surface area contributed by atoms with E-state index in [2.05, 4.69) is 11.7 Å². The number of carbonyl (C=O) groups is 1. The van der Waals surface area contributed by atoms with E-state index < -0.39 is 24.9 Å². The normalized spacial score (nSPS) is 13.7. The van der Waals surface area contributed by atoms with E-state index >= 15 is 0 Å². The monoisotopic (exact) mass is 298 g/mol. The molecule has 0 fully saturated rings. The summed E-state index contributed by atoms with van der Waals surface area (Å²) in [5.41, 5.74) is 0. The first kappa shape index (κ1) is 18.9. The Kier molecular flexibility index (Phi) is 10.1. The van der Waals surface area contributed by atoms with Crippen molar-refractivity contribution in [3.8, 4) is 0 Å². The number of ether oxygens (including phenoxy) is 1. The number of halogens is 4. The van der Waals surface area contributed by atoms with Gasteiger partial charge >= 0.3 is 12.1 Å². The van der Waals surface area contributed by atoms with Crippen molar-refractivity contribution in [2.24, 2.45) is 0 Å². The molecule has 0 amide bonds. The van der Waals surface area contributed by atoms with Crippen molar-refractivity contribution in [1.29, 1.82) is 0 Å². The molecular weight excluding hydrogens is 276 g/mol. The molecule has 0 radical (unpaired) electrons. The molecule has 0 aliphatic rings. The van der Waals surface area contributed by atoms with Crippen LogP contribution < -0.4 is 0 Å². The molecule has 0 rings (SSSR count). The minimum Gasteiger partial charge on any atom is -0.428 e. The zero-order valence-corrected chi connectivity index (χ0v) is 11.7. The first-order chi connectivity index (χ1) is 9.35. The molecule has 0 aliphatic heterocycles. The van der Waals surface area contributed by atoms with E-state index in [9.17, 15) is 22.4 Å². The van der Waals surface area contributed by atoms with Crippen LogP contribution in [-0.2, 0) is 9.53 Å². The largest absolute Gasteiger partial charge is 0.428 e. The minimum absolute atomic E-state index is 0.636. The number of carbonyl (C=O) groups excluding carboxylic acids is 1. The van der Waals surface area contributed by atoms with Gasteiger partial charge in [-0.15, -0.1) is 0 Å². The molecule has 2 nitrogen and oxygen atoms in total. The lowest BCUT2D eigenvalue weighted by molar-refractivity contribution is -0.187. The number of rotatable bonds is 10. The molecule has 0 spiro atoms. The van der Waals surface area contributed by atoms with Crippen LogP contribution in [0.3, 0.4) is 0 Å². The molecule has 0 aliphatic carbocycles. The third-order valence-corrected chi connectivity index (χ3v) is 2.61. The van der Waals surface area contributed by atoms with Crippen LogP contribution in [0.1, 0.15) is 58.3 Å². The van der Waals surface area contributed by atoms with E-state index in [4.69, 9.17) is 0 Å². The average Bonchev–Trinajstić information content (AvgIpc) is 2.30. The molecule has 1 atom stereocenters. The average molecular weight is 298 g/mol. The number of allylic oxidation sites excluding steroid dienone is 1. The standard InChI is InChI=1S/C14H22F4O2/c1-2-3-4-5-6-7-8-9-10-13(19)20-12(15)11-14(16,17)18/h9-10,12H,2-8,11H2,1H3. The molecule has 0 aromatic carbocycles. The van der Waals surface area contributed by atoms with Gasteiger partial charge in [-0.1, -0.05) is 45.1 Å². The van der Waals surface area contributed by atoms with Gasteiger partial charge in [0.05, 0.1) is 0 Å². The van der Waals surface area contributed by atoms with Gasteiger partial charge < -0.3 is 4.74 Å². The number of alkyl halides is 4. The molecule has 0 bridgehead atoms. The number of esters is 1. The van der Waals surface area contributed by atoms with Gasteiger partial charge in [0.1, 0.15) is 6.42 Å². The lowest BCUT2D eigenvalue weighted by atomic mass is 10.1. The van der Waals surface area contributed by atoms with Gasteiger partial charge in [0.25, 0.3) is 6.36 Å². The molecule has 1 unspecified atom stereocenters. The van der Waals surface area contributed by atoms with Gasteiger partial charge in [-0.05, 0) is 12.8 Å². The van der Waals surface area contributed by atoms with Crippen molar-refractivity contribution in [2.45, 2.75) is 70.8 Å². The van der Waals surface area contributed by atoms with E-state index in [-0.39, 0.29) is 0 Å².